The molecule has 22 heavy (non-hydrogen) atoms. The summed E-state index contributed by atoms with van der Waals surface area (Å²) >= 11 is 0. The number of aromatic nitrogens is 1. The number of Topliss-reactive ketones (excluding diaryl/α,β-unsaturated/α-hetero) is 1. The monoisotopic (exact) mass is 301 g/mol. The van der Waals surface area contributed by atoms with Crippen LogP contribution in [0.25, 0.3) is 11.1 Å². The van der Waals surface area contributed by atoms with Gasteiger partial charge in [-0.2, -0.15) is 0 Å². The van der Waals surface area contributed by atoms with Crippen LogP contribution in [0.4, 0.5) is 4.79 Å². The molecule has 0 N–H and O–H groups in total. The lowest BCUT2D eigenvalue weighted by Gasteiger charge is -2.04. The van der Waals surface area contributed by atoms with E-state index < -0.39 is 6.09 Å². The van der Waals surface area contributed by atoms with Gasteiger partial charge in [0.1, 0.15) is 5.75 Å². The molecule has 1 aromatic heterocycles. The van der Waals surface area contributed by atoms with Crippen molar-refractivity contribution >= 4 is 11.9 Å². The van der Waals surface area contributed by atoms with Gasteiger partial charge in [0, 0.05) is 23.0 Å². The van der Waals surface area contributed by atoms with Gasteiger partial charge in [-0.05, 0) is 38.5 Å². The van der Waals surface area contributed by atoms with Crippen LogP contribution < -0.4 is 4.74 Å². The van der Waals surface area contributed by atoms with E-state index in [1.54, 1.807) is 27.2 Å². The molecule has 0 spiro atoms. The molecule has 1 aromatic carbocycles. The highest BCUT2D eigenvalue weighted by Crippen LogP contribution is 2.30. The Labute approximate surface area is 129 Å². The van der Waals surface area contributed by atoms with Gasteiger partial charge >= 0.3 is 6.09 Å². The van der Waals surface area contributed by atoms with Crippen molar-refractivity contribution in [2.24, 2.45) is 0 Å². The number of hydrogen-bond donors (Lipinski definition) is 0. The van der Waals surface area contributed by atoms with Crippen LogP contribution in [0, 0.1) is 6.92 Å². The average molecular weight is 301 g/mol. The quantitative estimate of drug-likeness (QED) is 0.808. The summed E-state index contributed by atoms with van der Waals surface area (Å²) in [4.78, 5) is 24.0. The third-order valence-electron chi connectivity index (χ3n) is 3.47. The fraction of sp³-hybridized carbons (Fsp3) is 0.294. The minimum Gasteiger partial charge on any atom is -0.497 e. The Balaban J connectivity index is 2.56. The van der Waals surface area contributed by atoms with Crippen LogP contribution in [0.3, 0.4) is 0 Å². The Bertz CT molecular complexity index is 698. The first-order chi connectivity index (χ1) is 10.5. The predicted octanol–water partition coefficient (Wildman–Crippen LogP) is 3.68. The summed E-state index contributed by atoms with van der Waals surface area (Å²) in [5.41, 5.74) is 2.66. The topological polar surface area (TPSA) is 57.5 Å². The molecule has 0 fully saturated rings. The summed E-state index contributed by atoms with van der Waals surface area (Å²) in [7, 11) is 1.59. The van der Waals surface area contributed by atoms with Crippen LogP contribution in [0.1, 0.15) is 29.9 Å². The normalized spacial score (nSPS) is 10.4. The smallest absolute Gasteiger partial charge is 0.418 e. The molecule has 5 heteroatoms. The number of ether oxygens (including phenoxy) is 2. The summed E-state index contributed by atoms with van der Waals surface area (Å²) in [5, 5.41) is 0. The molecule has 0 bridgehead atoms. The van der Waals surface area contributed by atoms with Crippen LogP contribution >= 0.6 is 0 Å². The highest BCUT2D eigenvalue weighted by Gasteiger charge is 2.21. The maximum Gasteiger partial charge on any atom is 0.418 e. The zero-order valence-electron chi connectivity index (χ0n) is 13.2. The Kier molecular flexibility index (Phi) is 4.65. The fourth-order valence-electron chi connectivity index (χ4n) is 2.42. The summed E-state index contributed by atoms with van der Waals surface area (Å²) in [6.07, 6.45) is 1.16. The van der Waals surface area contributed by atoms with Gasteiger partial charge in [-0.15, -0.1) is 0 Å². The standard InChI is InChI=1S/C17H19NO4/c1-5-22-17(20)18-10-15(16(11(18)2)12(3)19)13-6-8-14(21-4)9-7-13/h6-10H,5H2,1-4H3. The number of rotatable bonds is 4. The molecular weight excluding hydrogens is 282 g/mol. The molecule has 5 nitrogen and oxygen atoms in total. The number of ketones is 1. The average Bonchev–Trinajstić information content (AvgIpc) is 2.85. The molecular formula is C17H19NO4. The van der Waals surface area contributed by atoms with Crippen molar-refractivity contribution in [1.29, 1.82) is 0 Å². The molecule has 2 aromatic rings. The minimum atomic E-state index is -0.484. The van der Waals surface area contributed by atoms with Crippen LogP contribution in [0.2, 0.25) is 0 Å². The van der Waals surface area contributed by atoms with Gasteiger partial charge in [-0.1, -0.05) is 12.1 Å². The van der Waals surface area contributed by atoms with E-state index >= 15 is 0 Å². The second-order valence-corrected chi connectivity index (χ2v) is 4.86. The van der Waals surface area contributed by atoms with E-state index in [2.05, 4.69) is 0 Å². The van der Waals surface area contributed by atoms with Crippen LogP contribution in [0.15, 0.2) is 30.5 Å². The molecule has 0 amide bonds. The summed E-state index contributed by atoms with van der Waals surface area (Å²) < 4.78 is 11.5. The van der Waals surface area contributed by atoms with Gasteiger partial charge in [0.25, 0.3) is 0 Å². The molecule has 0 unspecified atom stereocenters. The van der Waals surface area contributed by atoms with E-state index in [0.717, 1.165) is 11.3 Å². The van der Waals surface area contributed by atoms with Crippen molar-refractivity contribution in [3.63, 3.8) is 0 Å². The van der Waals surface area contributed by atoms with E-state index in [0.29, 0.717) is 16.8 Å². The lowest BCUT2D eigenvalue weighted by Crippen LogP contribution is -2.14. The molecule has 0 saturated carbocycles. The Morgan fingerprint density at radius 1 is 1.18 bits per heavy atom. The Morgan fingerprint density at radius 2 is 1.82 bits per heavy atom. The van der Waals surface area contributed by atoms with Crippen molar-refractivity contribution in [1.82, 2.24) is 4.57 Å². The predicted molar refractivity (Wildman–Crippen MR) is 83.6 cm³/mol. The first-order valence-electron chi connectivity index (χ1n) is 7.04. The zero-order chi connectivity index (χ0) is 16.3. The van der Waals surface area contributed by atoms with Crippen LogP contribution in [-0.4, -0.2) is 30.2 Å². The second-order valence-electron chi connectivity index (χ2n) is 4.86. The van der Waals surface area contributed by atoms with Crippen LogP contribution in [0.5, 0.6) is 5.75 Å². The first-order valence-corrected chi connectivity index (χ1v) is 7.04. The van der Waals surface area contributed by atoms with Crippen molar-refractivity contribution < 1.29 is 19.1 Å². The number of nitrogens with zero attached hydrogens (tertiary/aromatic N) is 1. The minimum absolute atomic E-state index is 0.0913. The third kappa shape index (κ3) is 2.88. The van der Waals surface area contributed by atoms with Gasteiger partial charge in [0.05, 0.1) is 13.7 Å². The van der Waals surface area contributed by atoms with Gasteiger partial charge in [0.15, 0.2) is 5.78 Å². The molecule has 0 aliphatic rings. The molecule has 0 aliphatic heterocycles. The van der Waals surface area contributed by atoms with E-state index in [9.17, 15) is 9.59 Å². The van der Waals surface area contributed by atoms with Crippen molar-refractivity contribution in [2.45, 2.75) is 20.8 Å². The maximum absolute atomic E-state index is 12.0. The molecule has 0 radical (unpaired) electrons. The highest BCUT2D eigenvalue weighted by molar-refractivity contribution is 6.03. The first kappa shape index (κ1) is 15.8. The third-order valence-corrected chi connectivity index (χ3v) is 3.47. The number of carbonyl (C=O) groups is 2. The number of carbonyl (C=O) groups excluding carboxylic acids is 2. The van der Waals surface area contributed by atoms with Gasteiger partial charge in [-0.3, -0.25) is 9.36 Å². The SMILES string of the molecule is CCOC(=O)n1cc(-c2ccc(OC)cc2)c(C(C)=O)c1C. The Hall–Kier alpha value is -2.56. The molecule has 116 valence electrons. The van der Waals surface area contributed by atoms with Gasteiger partial charge < -0.3 is 9.47 Å². The van der Waals surface area contributed by atoms with E-state index in [-0.39, 0.29) is 12.4 Å². The number of benzene rings is 1. The maximum atomic E-state index is 12.0. The summed E-state index contributed by atoms with van der Waals surface area (Å²) in [5.74, 6) is 0.640. The summed E-state index contributed by atoms with van der Waals surface area (Å²) in [6.45, 7) is 5.25. The van der Waals surface area contributed by atoms with Crippen molar-refractivity contribution in [3.8, 4) is 16.9 Å². The molecule has 0 saturated heterocycles. The van der Waals surface area contributed by atoms with E-state index in [1.807, 2.05) is 24.3 Å². The molecule has 2 rings (SSSR count). The number of methoxy groups -OCH3 is 1. The zero-order valence-corrected chi connectivity index (χ0v) is 13.2. The molecule has 0 atom stereocenters. The van der Waals surface area contributed by atoms with E-state index in [4.69, 9.17) is 9.47 Å². The lowest BCUT2D eigenvalue weighted by molar-refractivity contribution is 0.101. The molecule has 0 aliphatic carbocycles. The Morgan fingerprint density at radius 3 is 2.32 bits per heavy atom. The fourth-order valence-corrected chi connectivity index (χ4v) is 2.42. The molecule has 1 heterocycles. The highest BCUT2D eigenvalue weighted by atomic mass is 16.5. The summed E-state index contributed by atoms with van der Waals surface area (Å²) in [6, 6.07) is 7.34. The van der Waals surface area contributed by atoms with Crippen molar-refractivity contribution in [3.05, 3.63) is 41.7 Å². The number of hydrogen-bond acceptors (Lipinski definition) is 4. The van der Waals surface area contributed by atoms with Crippen LogP contribution in [-0.2, 0) is 4.74 Å². The van der Waals surface area contributed by atoms with E-state index in [1.165, 1.54) is 11.5 Å². The van der Waals surface area contributed by atoms with Gasteiger partial charge in [0.2, 0.25) is 0 Å². The second kappa shape index (κ2) is 6.47. The van der Waals surface area contributed by atoms with Crippen molar-refractivity contribution in [2.75, 3.05) is 13.7 Å². The van der Waals surface area contributed by atoms with Gasteiger partial charge in [-0.25, -0.2) is 4.79 Å². The lowest BCUT2D eigenvalue weighted by atomic mass is 10.0. The largest absolute Gasteiger partial charge is 0.497 e.